The lowest BCUT2D eigenvalue weighted by atomic mass is 9.89. The van der Waals surface area contributed by atoms with Gasteiger partial charge in [0.1, 0.15) is 0 Å². The van der Waals surface area contributed by atoms with Crippen molar-refractivity contribution in [3.8, 4) is 0 Å². The number of amides is 1. The highest BCUT2D eigenvalue weighted by Gasteiger charge is 2.31. The standard InChI is InChI=1S/C13H22BrNO2/c1-9-12(5-6-17-9)13(16)15-8-10-3-2-4-11(14)7-10/h9-12H,2-8H2,1H3,(H,15,16). The van der Waals surface area contributed by atoms with Crippen LogP contribution in [0.15, 0.2) is 0 Å². The zero-order valence-corrected chi connectivity index (χ0v) is 12.0. The Morgan fingerprint density at radius 1 is 1.41 bits per heavy atom. The van der Waals surface area contributed by atoms with E-state index < -0.39 is 0 Å². The number of hydrogen-bond donors (Lipinski definition) is 1. The first-order valence-electron chi connectivity index (χ1n) is 6.70. The minimum Gasteiger partial charge on any atom is -0.378 e. The molecule has 0 aromatic heterocycles. The summed E-state index contributed by atoms with van der Waals surface area (Å²) in [7, 11) is 0. The van der Waals surface area contributed by atoms with Crippen molar-refractivity contribution in [3.63, 3.8) is 0 Å². The molecule has 0 aromatic carbocycles. The fourth-order valence-corrected chi connectivity index (χ4v) is 3.72. The van der Waals surface area contributed by atoms with Gasteiger partial charge < -0.3 is 10.1 Å². The van der Waals surface area contributed by atoms with E-state index in [9.17, 15) is 4.79 Å². The van der Waals surface area contributed by atoms with Gasteiger partial charge in [0.05, 0.1) is 12.0 Å². The lowest BCUT2D eigenvalue weighted by molar-refractivity contribution is -0.126. The van der Waals surface area contributed by atoms with Crippen LogP contribution in [0, 0.1) is 11.8 Å². The van der Waals surface area contributed by atoms with E-state index in [-0.39, 0.29) is 17.9 Å². The van der Waals surface area contributed by atoms with E-state index in [1.165, 1.54) is 25.7 Å². The van der Waals surface area contributed by atoms with Crippen molar-refractivity contribution >= 4 is 21.8 Å². The van der Waals surface area contributed by atoms with E-state index in [4.69, 9.17) is 4.74 Å². The Balaban J connectivity index is 1.72. The average molecular weight is 304 g/mol. The van der Waals surface area contributed by atoms with Crippen LogP contribution in [0.3, 0.4) is 0 Å². The van der Waals surface area contributed by atoms with Crippen LogP contribution < -0.4 is 5.32 Å². The maximum absolute atomic E-state index is 12.0. The molecule has 2 fully saturated rings. The van der Waals surface area contributed by atoms with Gasteiger partial charge in [0.15, 0.2) is 0 Å². The predicted molar refractivity (Wildman–Crippen MR) is 71.2 cm³/mol. The average Bonchev–Trinajstić information content (AvgIpc) is 2.72. The summed E-state index contributed by atoms with van der Waals surface area (Å²) in [6.45, 7) is 3.56. The number of carbonyl (C=O) groups is 1. The van der Waals surface area contributed by atoms with Crippen molar-refractivity contribution in [2.75, 3.05) is 13.2 Å². The minimum atomic E-state index is 0.0679. The van der Waals surface area contributed by atoms with Gasteiger partial charge in [0.2, 0.25) is 5.91 Å². The number of rotatable bonds is 3. The molecule has 1 saturated carbocycles. The zero-order valence-electron chi connectivity index (χ0n) is 10.5. The second-order valence-corrected chi connectivity index (χ2v) is 6.64. The highest BCUT2D eigenvalue weighted by atomic mass is 79.9. The van der Waals surface area contributed by atoms with E-state index in [0.717, 1.165) is 19.6 Å². The second-order valence-electron chi connectivity index (χ2n) is 5.35. The molecule has 1 saturated heterocycles. The number of nitrogens with one attached hydrogen (secondary N) is 1. The van der Waals surface area contributed by atoms with E-state index in [2.05, 4.69) is 21.2 Å². The summed E-state index contributed by atoms with van der Waals surface area (Å²) < 4.78 is 5.43. The van der Waals surface area contributed by atoms with Crippen molar-refractivity contribution < 1.29 is 9.53 Å². The monoisotopic (exact) mass is 303 g/mol. The predicted octanol–water partition coefficient (Wildman–Crippen LogP) is 2.48. The van der Waals surface area contributed by atoms with Gasteiger partial charge in [-0.05, 0) is 38.5 Å². The van der Waals surface area contributed by atoms with Gasteiger partial charge in [-0.3, -0.25) is 4.79 Å². The molecule has 2 rings (SSSR count). The fraction of sp³-hybridized carbons (Fsp3) is 0.923. The van der Waals surface area contributed by atoms with E-state index in [0.29, 0.717) is 10.7 Å². The number of halogens is 1. The van der Waals surface area contributed by atoms with Crippen molar-refractivity contribution in [2.24, 2.45) is 11.8 Å². The Labute approximate surface area is 112 Å². The molecule has 98 valence electrons. The molecule has 2 aliphatic rings. The number of ether oxygens (including phenoxy) is 1. The molecule has 4 unspecified atom stereocenters. The van der Waals surface area contributed by atoms with E-state index in [1.54, 1.807) is 0 Å². The molecule has 17 heavy (non-hydrogen) atoms. The van der Waals surface area contributed by atoms with Crippen LogP contribution in [-0.4, -0.2) is 30.0 Å². The molecule has 3 nitrogen and oxygen atoms in total. The fourth-order valence-electron chi connectivity index (χ4n) is 2.86. The third-order valence-corrected chi connectivity index (χ3v) is 4.83. The molecule has 0 spiro atoms. The lowest BCUT2D eigenvalue weighted by Gasteiger charge is -2.26. The topological polar surface area (TPSA) is 38.3 Å². The van der Waals surface area contributed by atoms with Crippen molar-refractivity contribution in [3.05, 3.63) is 0 Å². The van der Waals surface area contributed by atoms with Gasteiger partial charge in [-0.25, -0.2) is 0 Å². The maximum atomic E-state index is 12.0. The molecule has 1 aliphatic heterocycles. The van der Waals surface area contributed by atoms with Gasteiger partial charge >= 0.3 is 0 Å². The molecule has 1 heterocycles. The number of carbonyl (C=O) groups excluding carboxylic acids is 1. The molecule has 0 radical (unpaired) electrons. The molecule has 4 atom stereocenters. The summed E-state index contributed by atoms with van der Waals surface area (Å²) in [4.78, 5) is 12.6. The second kappa shape index (κ2) is 6.19. The molecule has 1 N–H and O–H groups in total. The van der Waals surface area contributed by atoms with Crippen LogP contribution in [0.2, 0.25) is 0 Å². The summed E-state index contributed by atoms with van der Waals surface area (Å²) in [6, 6.07) is 0. The van der Waals surface area contributed by atoms with Crippen molar-refractivity contribution in [1.29, 1.82) is 0 Å². The molecule has 0 aromatic rings. The Morgan fingerprint density at radius 3 is 2.88 bits per heavy atom. The molecule has 1 aliphatic carbocycles. The van der Waals surface area contributed by atoms with Crippen molar-refractivity contribution in [1.82, 2.24) is 5.32 Å². The normalized spacial score (nSPS) is 38.0. The number of hydrogen-bond acceptors (Lipinski definition) is 2. The van der Waals surface area contributed by atoms with Gasteiger partial charge in [0, 0.05) is 18.0 Å². The lowest BCUT2D eigenvalue weighted by Crippen LogP contribution is -2.38. The quantitative estimate of drug-likeness (QED) is 0.814. The third kappa shape index (κ3) is 3.68. The maximum Gasteiger partial charge on any atom is 0.225 e. The first kappa shape index (κ1) is 13.3. The van der Waals surface area contributed by atoms with Gasteiger partial charge in [-0.2, -0.15) is 0 Å². The van der Waals surface area contributed by atoms with Crippen LogP contribution >= 0.6 is 15.9 Å². The Bertz CT molecular complexity index is 272. The summed E-state index contributed by atoms with van der Waals surface area (Å²) >= 11 is 3.68. The SMILES string of the molecule is CC1OCCC1C(=O)NCC1CCCC(Br)C1. The van der Waals surface area contributed by atoms with Crippen LogP contribution in [0.1, 0.15) is 39.0 Å². The largest absolute Gasteiger partial charge is 0.378 e. The third-order valence-electron chi connectivity index (χ3n) is 4.00. The van der Waals surface area contributed by atoms with Crippen LogP contribution in [0.5, 0.6) is 0 Å². The zero-order chi connectivity index (χ0) is 12.3. The number of alkyl halides is 1. The highest BCUT2D eigenvalue weighted by Crippen LogP contribution is 2.28. The Kier molecular flexibility index (Phi) is 4.86. The van der Waals surface area contributed by atoms with Crippen LogP contribution in [0.25, 0.3) is 0 Å². The highest BCUT2D eigenvalue weighted by molar-refractivity contribution is 9.09. The van der Waals surface area contributed by atoms with Crippen LogP contribution in [0.4, 0.5) is 0 Å². The Hall–Kier alpha value is -0.0900. The summed E-state index contributed by atoms with van der Waals surface area (Å²) in [5.41, 5.74) is 0. The van der Waals surface area contributed by atoms with Crippen LogP contribution in [-0.2, 0) is 9.53 Å². The molecule has 4 heteroatoms. The Morgan fingerprint density at radius 2 is 2.24 bits per heavy atom. The summed E-state index contributed by atoms with van der Waals surface area (Å²) in [5.74, 6) is 0.903. The smallest absolute Gasteiger partial charge is 0.225 e. The van der Waals surface area contributed by atoms with E-state index >= 15 is 0 Å². The summed E-state index contributed by atoms with van der Waals surface area (Å²) in [6.07, 6.45) is 5.96. The molecular formula is C13H22BrNO2. The molecule has 0 bridgehead atoms. The molecule has 1 amide bonds. The first-order chi connectivity index (χ1) is 8.16. The van der Waals surface area contributed by atoms with E-state index in [1.807, 2.05) is 6.92 Å². The molecular weight excluding hydrogens is 282 g/mol. The van der Waals surface area contributed by atoms with Gasteiger partial charge in [0.25, 0.3) is 0 Å². The summed E-state index contributed by atoms with van der Waals surface area (Å²) in [5, 5.41) is 3.11. The van der Waals surface area contributed by atoms with Gasteiger partial charge in [-0.15, -0.1) is 0 Å². The first-order valence-corrected chi connectivity index (χ1v) is 7.61. The minimum absolute atomic E-state index is 0.0679. The van der Waals surface area contributed by atoms with Gasteiger partial charge in [-0.1, -0.05) is 22.4 Å². The van der Waals surface area contributed by atoms with Crippen molar-refractivity contribution in [2.45, 2.75) is 50.0 Å².